The van der Waals surface area contributed by atoms with Crippen LogP contribution in [0, 0.1) is 0 Å². The molecule has 41 heavy (non-hydrogen) atoms. The van der Waals surface area contributed by atoms with E-state index in [0.717, 1.165) is 70.6 Å². The Morgan fingerprint density at radius 3 is 1.61 bits per heavy atom. The lowest BCUT2D eigenvalue weighted by Crippen LogP contribution is -2.45. The predicted octanol–water partition coefficient (Wildman–Crippen LogP) is 9.61. The molecule has 0 heterocycles. The van der Waals surface area contributed by atoms with Gasteiger partial charge in [-0.05, 0) is 64.2 Å². The molecule has 0 bridgehead atoms. The van der Waals surface area contributed by atoms with Gasteiger partial charge in [-0.3, -0.25) is 4.79 Å². The highest BCUT2D eigenvalue weighted by Crippen LogP contribution is 2.10. The van der Waals surface area contributed by atoms with Gasteiger partial charge >= 0.3 is 0 Å². The molecule has 4 heteroatoms. The molecule has 0 rings (SSSR count). The maximum atomic E-state index is 12.3. The molecule has 0 aromatic carbocycles. The van der Waals surface area contributed by atoms with Gasteiger partial charge in [-0.2, -0.15) is 0 Å². The summed E-state index contributed by atoms with van der Waals surface area (Å²) < 4.78 is 0. The molecule has 234 valence electrons. The number of hydrogen-bond donors (Lipinski definition) is 3. The quantitative estimate of drug-likeness (QED) is 0.0649. The monoisotopic (exact) mass is 569 g/mol. The number of aliphatic hydroxyl groups excluding tert-OH is 2. The number of unbranched alkanes of at least 4 members (excludes halogenated alkanes) is 11. The van der Waals surface area contributed by atoms with Crippen LogP contribution in [-0.4, -0.2) is 34.9 Å². The summed E-state index contributed by atoms with van der Waals surface area (Å²) in [6, 6.07) is -0.640. The number of allylic oxidation sites excluding steroid dienone is 11. The van der Waals surface area contributed by atoms with Crippen LogP contribution in [0.4, 0.5) is 0 Å². The lowest BCUT2D eigenvalue weighted by Gasteiger charge is -2.19. The van der Waals surface area contributed by atoms with E-state index in [1.807, 2.05) is 6.08 Å². The standard InChI is InChI=1S/C37H63NO3/c1-3-5-7-9-11-13-15-16-17-18-19-20-21-22-23-25-27-29-31-33-37(41)38-35(34-39)36(40)32-30-28-26-24-14-12-10-8-6-4-2/h5,7,11,13,16-17,19-20,22-23,30,32,35-36,39-40H,3-4,6,8-10,12,14-15,18,21,24-29,31,33-34H2,1-2H3,(H,38,41)/b7-5-,13-11-,17-16-,20-19-,23-22-,32-30+. The van der Waals surface area contributed by atoms with E-state index in [0.29, 0.717) is 6.42 Å². The van der Waals surface area contributed by atoms with E-state index in [2.05, 4.69) is 79.9 Å². The first-order valence-corrected chi connectivity index (χ1v) is 16.7. The fourth-order valence-electron chi connectivity index (χ4n) is 4.38. The molecule has 0 saturated heterocycles. The van der Waals surface area contributed by atoms with Crippen molar-refractivity contribution in [2.24, 2.45) is 0 Å². The van der Waals surface area contributed by atoms with Crippen molar-refractivity contribution < 1.29 is 15.0 Å². The highest BCUT2D eigenvalue weighted by molar-refractivity contribution is 5.76. The molecule has 0 aliphatic carbocycles. The first-order valence-electron chi connectivity index (χ1n) is 16.7. The topological polar surface area (TPSA) is 69.6 Å². The van der Waals surface area contributed by atoms with Crippen molar-refractivity contribution >= 4 is 5.91 Å². The van der Waals surface area contributed by atoms with E-state index in [-0.39, 0.29) is 12.5 Å². The number of hydrogen-bond acceptors (Lipinski definition) is 3. The van der Waals surface area contributed by atoms with Gasteiger partial charge in [0.15, 0.2) is 0 Å². The largest absolute Gasteiger partial charge is 0.394 e. The van der Waals surface area contributed by atoms with Gasteiger partial charge in [-0.25, -0.2) is 0 Å². The van der Waals surface area contributed by atoms with Gasteiger partial charge in [-0.15, -0.1) is 0 Å². The molecule has 0 aliphatic heterocycles. The molecule has 0 radical (unpaired) electrons. The first-order chi connectivity index (χ1) is 20.2. The average molecular weight is 570 g/mol. The summed E-state index contributed by atoms with van der Waals surface area (Å²) in [4.78, 5) is 12.3. The van der Waals surface area contributed by atoms with Crippen LogP contribution in [0.2, 0.25) is 0 Å². The van der Waals surface area contributed by atoms with Crippen LogP contribution in [0.3, 0.4) is 0 Å². The summed E-state index contributed by atoms with van der Waals surface area (Å²) in [7, 11) is 0. The molecule has 0 spiro atoms. The SMILES string of the molecule is CC/C=C\C/C=C\C/C=C\C/C=C\C/C=C\CCCCCC(=O)NC(CO)C(O)/C=C/CCCCCCCCCC. The molecular weight excluding hydrogens is 506 g/mol. The Balaban J connectivity index is 3.78. The second-order valence-electron chi connectivity index (χ2n) is 10.8. The maximum Gasteiger partial charge on any atom is 0.220 e. The third kappa shape index (κ3) is 29.1. The van der Waals surface area contributed by atoms with E-state index >= 15 is 0 Å². The van der Waals surface area contributed by atoms with Gasteiger partial charge in [0.25, 0.3) is 0 Å². The normalized spacial score (nSPS) is 14.1. The first kappa shape index (κ1) is 38.8. The summed E-state index contributed by atoms with van der Waals surface area (Å²) >= 11 is 0. The molecule has 0 aromatic heterocycles. The summed E-state index contributed by atoms with van der Waals surface area (Å²) in [5.41, 5.74) is 0. The third-order valence-electron chi connectivity index (χ3n) is 6.95. The zero-order chi connectivity index (χ0) is 30.1. The summed E-state index contributed by atoms with van der Waals surface area (Å²) in [6.45, 7) is 4.13. The van der Waals surface area contributed by atoms with Crippen LogP contribution in [0.25, 0.3) is 0 Å². The Bertz CT molecular complexity index is 747. The second-order valence-corrected chi connectivity index (χ2v) is 10.8. The zero-order valence-corrected chi connectivity index (χ0v) is 26.5. The third-order valence-corrected chi connectivity index (χ3v) is 6.95. The molecule has 0 fully saturated rings. The second kappa shape index (κ2) is 32.3. The number of amides is 1. The van der Waals surface area contributed by atoms with Gasteiger partial charge in [0, 0.05) is 6.42 Å². The molecule has 3 N–H and O–H groups in total. The Morgan fingerprint density at radius 1 is 0.610 bits per heavy atom. The van der Waals surface area contributed by atoms with Crippen LogP contribution < -0.4 is 5.32 Å². The van der Waals surface area contributed by atoms with Crippen molar-refractivity contribution in [3.8, 4) is 0 Å². The predicted molar refractivity (Wildman–Crippen MR) is 179 cm³/mol. The molecule has 2 atom stereocenters. The van der Waals surface area contributed by atoms with E-state index in [9.17, 15) is 15.0 Å². The molecular formula is C37H63NO3. The van der Waals surface area contributed by atoms with Gasteiger partial charge in [0.05, 0.1) is 18.8 Å². The van der Waals surface area contributed by atoms with Gasteiger partial charge in [0.1, 0.15) is 0 Å². The van der Waals surface area contributed by atoms with E-state index in [4.69, 9.17) is 0 Å². The minimum Gasteiger partial charge on any atom is -0.394 e. The van der Waals surface area contributed by atoms with Crippen LogP contribution in [0.5, 0.6) is 0 Å². The van der Waals surface area contributed by atoms with Gasteiger partial charge in [-0.1, -0.05) is 138 Å². The number of carbonyl (C=O) groups is 1. The molecule has 0 aromatic rings. The summed E-state index contributed by atoms with van der Waals surface area (Å²) in [5.74, 6) is -0.102. The number of carbonyl (C=O) groups excluding carboxylic acids is 1. The van der Waals surface area contributed by atoms with E-state index in [1.165, 1.54) is 44.9 Å². The maximum absolute atomic E-state index is 12.3. The van der Waals surface area contributed by atoms with Crippen molar-refractivity contribution in [2.45, 2.75) is 148 Å². The van der Waals surface area contributed by atoms with Gasteiger partial charge in [0.2, 0.25) is 5.91 Å². The zero-order valence-electron chi connectivity index (χ0n) is 26.5. The van der Waals surface area contributed by atoms with Crippen LogP contribution in [0.15, 0.2) is 72.9 Å². The van der Waals surface area contributed by atoms with Crippen molar-refractivity contribution in [2.75, 3.05) is 6.61 Å². The molecule has 0 saturated carbocycles. The van der Waals surface area contributed by atoms with Crippen molar-refractivity contribution in [1.29, 1.82) is 0 Å². The number of aliphatic hydroxyl groups is 2. The van der Waals surface area contributed by atoms with Crippen molar-refractivity contribution in [3.63, 3.8) is 0 Å². The lowest BCUT2D eigenvalue weighted by atomic mass is 10.1. The fourth-order valence-corrected chi connectivity index (χ4v) is 4.38. The highest BCUT2D eigenvalue weighted by Gasteiger charge is 2.17. The molecule has 0 aliphatic rings. The number of nitrogens with one attached hydrogen (secondary N) is 1. The minimum atomic E-state index is -0.853. The van der Waals surface area contributed by atoms with Gasteiger partial charge < -0.3 is 15.5 Å². The minimum absolute atomic E-state index is 0.102. The number of rotatable bonds is 28. The van der Waals surface area contributed by atoms with Crippen LogP contribution in [0.1, 0.15) is 136 Å². The average Bonchev–Trinajstić information content (AvgIpc) is 2.97. The smallest absolute Gasteiger partial charge is 0.220 e. The van der Waals surface area contributed by atoms with Crippen LogP contribution in [-0.2, 0) is 4.79 Å². The van der Waals surface area contributed by atoms with Crippen molar-refractivity contribution in [1.82, 2.24) is 5.32 Å². The Hall–Kier alpha value is -2.17. The molecule has 4 nitrogen and oxygen atoms in total. The van der Waals surface area contributed by atoms with Crippen LogP contribution >= 0.6 is 0 Å². The molecule has 2 unspecified atom stereocenters. The Morgan fingerprint density at radius 2 is 1.07 bits per heavy atom. The Kier molecular flexibility index (Phi) is 30.6. The highest BCUT2D eigenvalue weighted by atomic mass is 16.3. The summed E-state index contributed by atoms with van der Waals surface area (Å²) in [5, 5.41) is 22.7. The fraction of sp³-hybridized carbons (Fsp3) is 0.649. The van der Waals surface area contributed by atoms with E-state index < -0.39 is 12.1 Å². The Labute approximate surface area is 253 Å². The van der Waals surface area contributed by atoms with E-state index in [1.54, 1.807) is 6.08 Å². The van der Waals surface area contributed by atoms with Crippen molar-refractivity contribution in [3.05, 3.63) is 72.9 Å². The lowest BCUT2D eigenvalue weighted by molar-refractivity contribution is -0.123. The molecule has 1 amide bonds. The summed E-state index contributed by atoms with van der Waals surface area (Å²) in [6.07, 6.45) is 45.5.